The maximum absolute atomic E-state index is 12.0. The number of nitrogens with one attached hydrogen (secondary N) is 1. The Kier molecular flexibility index (Phi) is 5.43. The van der Waals surface area contributed by atoms with Gasteiger partial charge in [-0.25, -0.2) is 13.1 Å². The fourth-order valence-electron chi connectivity index (χ4n) is 1.73. The van der Waals surface area contributed by atoms with Crippen LogP contribution >= 0.6 is 27.3 Å². The van der Waals surface area contributed by atoms with E-state index in [4.69, 9.17) is 4.74 Å². The molecule has 1 N–H and O–H groups in total. The van der Waals surface area contributed by atoms with E-state index in [0.717, 1.165) is 20.7 Å². The minimum absolute atomic E-state index is 0.227. The van der Waals surface area contributed by atoms with Crippen molar-refractivity contribution in [3.05, 3.63) is 45.2 Å². The van der Waals surface area contributed by atoms with Crippen LogP contribution in [0.15, 0.2) is 38.3 Å². The fraction of sp³-hybridized carbons (Fsp3) is 0.286. The Hall–Kier alpha value is -0.890. The highest BCUT2D eigenvalue weighted by Crippen LogP contribution is 2.25. The first-order valence-corrected chi connectivity index (χ1v) is 9.43. The summed E-state index contributed by atoms with van der Waals surface area (Å²) in [5.41, 5.74) is 2.22. The molecule has 0 fully saturated rings. The number of hydrogen-bond donors (Lipinski definition) is 1. The van der Waals surface area contributed by atoms with Gasteiger partial charge in [0, 0.05) is 6.54 Å². The van der Waals surface area contributed by atoms with Gasteiger partial charge in [0.1, 0.15) is 16.6 Å². The molecule has 7 heteroatoms. The van der Waals surface area contributed by atoms with E-state index in [1.165, 1.54) is 11.3 Å². The van der Waals surface area contributed by atoms with Crippen LogP contribution < -0.4 is 9.46 Å². The second kappa shape index (κ2) is 6.91. The molecule has 4 nitrogen and oxygen atoms in total. The van der Waals surface area contributed by atoms with Crippen LogP contribution in [-0.4, -0.2) is 21.6 Å². The van der Waals surface area contributed by atoms with E-state index >= 15 is 0 Å². The van der Waals surface area contributed by atoms with E-state index < -0.39 is 10.0 Å². The minimum atomic E-state index is -3.45. The van der Waals surface area contributed by atoms with E-state index in [9.17, 15) is 8.42 Å². The Morgan fingerprint density at radius 1 is 1.24 bits per heavy atom. The number of ether oxygens (including phenoxy) is 1. The van der Waals surface area contributed by atoms with Crippen molar-refractivity contribution in [3.8, 4) is 5.75 Å². The van der Waals surface area contributed by atoms with Crippen LogP contribution in [0.3, 0.4) is 0 Å². The average Bonchev–Trinajstić information content (AvgIpc) is 2.87. The third-order valence-corrected chi connectivity index (χ3v) is 6.60. The summed E-state index contributed by atoms with van der Waals surface area (Å²) in [6.07, 6.45) is 0. The van der Waals surface area contributed by atoms with E-state index in [1.807, 2.05) is 32.0 Å². The molecule has 0 bridgehead atoms. The molecule has 0 spiro atoms. The van der Waals surface area contributed by atoms with Gasteiger partial charge in [0.25, 0.3) is 0 Å². The third kappa shape index (κ3) is 4.29. The van der Waals surface area contributed by atoms with Crippen LogP contribution in [0.5, 0.6) is 5.75 Å². The molecule has 0 aliphatic heterocycles. The monoisotopic (exact) mass is 389 g/mol. The van der Waals surface area contributed by atoms with Crippen molar-refractivity contribution in [1.82, 2.24) is 4.72 Å². The quantitative estimate of drug-likeness (QED) is 0.769. The lowest BCUT2D eigenvalue weighted by atomic mass is 10.1. The average molecular weight is 390 g/mol. The highest BCUT2D eigenvalue weighted by Gasteiger charge is 2.15. The molecule has 2 rings (SSSR count). The van der Waals surface area contributed by atoms with Crippen molar-refractivity contribution >= 4 is 37.3 Å². The van der Waals surface area contributed by atoms with Gasteiger partial charge in [-0.3, -0.25) is 0 Å². The molecular formula is C14H16BrNO3S2. The predicted molar refractivity (Wildman–Crippen MR) is 88.6 cm³/mol. The molecule has 1 aromatic heterocycles. The Morgan fingerprint density at radius 3 is 2.67 bits per heavy atom. The molecule has 21 heavy (non-hydrogen) atoms. The molecule has 2 aromatic rings. The first-order chi connectivity index (χ1) is 9.90. The number of thiophene rings is 1. The van der Waals surface area contributed by atoms with Crippen LogP contribution in [0.4, 0.5) is 0 Å². The van der Waals surface area contributed by atoms with Crippen molar-refractivity contribution in [2.45, 2.75) is 18.1 Å². The van der Waals surface area contributed by atoms with Crippen LogP contribution in [0.25, 0.3) is 0 Å². The molecule has 0 aliphatic carbocycles. The Balaban J connectivity index is 1.89. The van der Waals surface area contributed by atoms with Crippen LogP contribution in [0.2, 0.25) is 0 Å². The first-order valence-electron chi connectivity index (χ1n) is 6.34. The summed E-state index contributed by atoms with van der Waals surface area (Å²) in [5, 5.41) is 0. The van der Waals surface area contributed by atoms with Gasteiger partial charge in [-0.2, -0.15) is 0 Å². The van der Waals surface area contributed by atoms with Gasteiger partial charge in [-0.1, -0.05) is 12.1 Å². The number of aryl methyl sites for hydroxylation is 1. The highest BCUT2D eigenvalue weighted by molar-refractivity contribution is 9.11. The normalized spacial score (nSPS) is 11.6. The molecule has 0 saturated carbocycles. The standard InChI is InChI=1S/C14H16BrNO3S2/c1-10-4-3-5-12(11(10)2)19-9-8-16-21(17,18)14-7-6-13(15)20-14/h3-7,16H,8-9H2,1-2H3. The van der Waals surface area contributed by atoms with Gasteiger partial charge >= 0.3 is 0 Å². The van der Waals surface area contributed by atoms with Crippen molar-refractivity contribution in [3.63, 3.8) is 0 Å². The van der Waals surface area contributed by atoms with Gasteiger partial charge in [-0.15, -0.1) is 11.3 Å². The number of hydrogen-bond acceptors (Lipinski definition) is 4. The fourth-order valence-corrected chi connectivity index (χ4v) is 4.80. The molecule has 0 amide bonds. The zero-order valence-electron chi connectivity index (χ0n) is 11.7. The Labute approximate surface area is 137 Å². The lowest BCUT2D eigenvalue weighted by molar-refractivity contribution is 0.320. The highest BCUT2D eigenvalue weighted by atomic mass is 79.9. The van der Waals surface area contributed by atoms with Crippen molar-refractivity contribution in [1.29, 1.82) is 0 Å². The number of benzene rings is 1. The van der Waals surface area contributed by atoms with Crippen LogP contribution in [-0.2, 0) is 10.0 Å². The van der Waals surface area contributed by atoms with Gasteiger partial charge < -0.3 is 4.74 Å². The zero-order valence-corrected chi connectivity index (χ0v) is 14.9. The Bertz CT molecular complexity index is 726. The Morgan fingerprint density at radius 2 is 2.00 bits per heavy atom. The van der Waals surface area contributed by atoms with Gasteiger partial charge in [0.05, 0.1) is 3.79 Å². The lowest BCUT2D eigenvalue weighted by Gasteiger charge is -2.11. The van der Waals surface area contributed by atoms with E-state index in [0.29, 0.717) is 4.21 Å². The number of rotatable bonds is 6. The lowest BCUT2D eigenvalue weighted by Crippen LogP contribution is -2.27. The van der Waals surface area contributed by atoms with Gasteiger partial charge in [-0.05, 0) is 59.1 Å². The van der Waals surface area contributed by atoms with E-state index in [-0.39, 0.29) is 13.2 Å². The first kappa shape index (κ1) is 16.5. The number of halogens is 1. The molecule has 0 aliphatic rings. The summed E-state index contributed by atoms with van der Waals surface area (Å²) < 4.78 is 33.2. The van der Waals surface area contributed by atoms with Crippen molar-refractivity contribution < 1.29 is 13.2 Å². The second-order valence-electron chi connectivity index (χ2n) is 4.50. The molecule has 114 valence electrons. The summed E-state index contributed by atoms with van der Waals surface area (Å²) >= 11 is 4.43. The molecule has 0 radical (unpaired) electrons. The molecule has 1 aromatic carbocycles. The van der Waals surface area contributed by atoms with Gasteiger partial charge in [0.15, 0.2) is 0 Å². The van der Waals surface area contributed by atoms with E-state index in [2.05, 4.69) is 20.7 Å². The predicted octanol–water partition coefficient (Wildman–Crippen LogP) is 3.48. The maximum Gasteiger partial charge on any atom is 0.250 e. The number of sulfonamides is 1. The smallest absolute Gasteiger partial charge is 0.250 e. The van der Waals surface area contributed by atoms with Crippen LogP contribution in [0.1, 0.15) is 11.1 Å². The molecular weight excluding hydrogens is 374 g/mol. The molecule has 0 atom stereocenters. The SMILES string of the molecule is Cc1cccc(OCCNS(=O)(=O)c2ccc(Br)s2)c1C. The van der Waals surface area contributed by atoms with Crippen molar-refractivity contribution in [2.24, 2.45) is 0 Å². The summed E-state index contributed by atoms with van der Waals surface area (Å²) in [6, 6.07) is 9.10. The molecule has 0 saturated heterocycles. The summed E-state index contributed by atoms with van der Waals surface area (Å²) in [5.74, 6) is 0.785. The summed E-state index contributed by atoms with van der Waals surface area (Å²) in [4.78, 5) is 0. The summed E-state index contributed by atoms with van der Waals surface area (Å²) in [6.45, 7) is 4.51. The van der Waals surface area contributed by atoms with Crippen LogP contribution in [0, 0.1) is 13.8 Å². The largest absolute Gasteiger partial charge is 0.492 e. The maximum atomic E-state index is 12.0. The van der Waals surface area contributed by atoms with Gasteiger partial charge in [0.2, 0.25) is 10.0 Å². The third-order valence-electron chi connectivity index (χ3n) is 3.02. The second-order valence-corrected chi connectivity index (χ2v) is 8.96. The zero-order chi connectivity index (χ0) is 15.5. The minimum Gasteiger partial charge on any atom is -0.492 e. The van der Waals surface area contributed by atoms with E-state index in [1.54, 1.807) is 12.1 Å². The molecule has 0 unspecified atom stereocenters. The van der Waals surface area contributed by atoms with Crippen molar-refractivity contribution in [2.75, 3.05) is 13.2 Å². The topological polar surface area (TPSA) is 55.4 Å². The summed E-state index contributed by atoms with van der Waals surface area (Å²) in [7, 11) is -3.45. The molecule has 1 heterocycles.